The first-order valence-electron chi connectivity index (χ1n) is 6.19. The topological polar surface area (TPSA) is 55.1 Å². The summed E-state index contributed by atoms with van der Waals surface area (Å²) in [5.74, 6) is -0.0433. The van der Waals surface area contributed by atoms with Crippen molar-refractivity contribution in [2.75, 3.05) is 5.32 Å². The Bertz CT molecular complexity index is 439. The summed E-state index contributed by atoms with van der Waals surface area (Å²) in [6, 6.07) is 5.94. The molecule has 0 bridgehead atoms. The van der Waals surface area contributed by atoms with E-state index in [2.05, 4.69) is 12.2 Å². The van der Waals surface area contributed by atoms with Gasteiger partial charge in [0.05, 0.1) is 5.54 Å². The normalized spacial score (nSPS) is 17.1. The van der Waals surface area contributed by atoms with Crippen molar-refractivity contribution < 1.29 is 4.79 Å². The van der Waals surface area contributed by atoms with Gasteiger partial charge < -0.3 is 11.1 Å². The molecule has 1 aliphatic rings. The Labute approximate surface area is 115 Å². The van der Waals surface area contributed by atoms with Crippen LogP contribution in [-0.2, 0) is 4.79 Å². The Morgan fingerprint density at radius 3 is 2.39 bits per heavy atom. The van der Waals surface area contributed by atoms with Gasteiger partial charge in [0.2, 0.25) is 5.91 Å². The largest absolute Gasteiger partial charge is 0.324 e. The summed E-state index contributed by atoms with van der Waals surface area (Å²) in [6.07, 6.45) is 3.70. The highest BCUT2D eigenvalue weighted by Gasteiger charge is 2.36. The number of benzene rings is 1. The van der Waals surface area contributed by atoms with Gasteiger partial charge in [0.25, 0.3) is 0 Å². The average Bonchev–Trinajstić information content (AvgIpc) is 2.72. The van der Waals surface area contributed by atoms with Crippen LogP contribution in [0.5, 0.6) is 0 Å². The molecule has 1 fully saturated rings. The molecule has 3 N–H and O–H groups in total. The SMILES string of the molecule is Cc1ccc(NC(=O)C2(N)CCCC2)cc1C.Cl. The number of nitrogens with two attached hydrogens (primary N) is 1. The first-order chi connectivity index (χ1) is 8.01. The van der Waals surface area contributed by atoms with Gasteiger partial charge in [-0.1, -0.05) is 18.9 Å². The smallest absolute Gasteiger partial charge is 0.244 e. The highest BCUT2D eigenvalue weighted by atomic mass is 35.5. The molecule has 1 aromatic carbocycles. The minimum atomic E-state index is -0.654. The van der Waals surface area contributed by atoms with Crippen molar-refractivity contribution in [2.45, 2.75) is 45.1 Å². The molecule has 0 unspecified atom stereocenters. The second-order valence-corrected chi connectivity index (χ2v) is 5.12. The van der Waals surface area contributed by atoms with E-state index in [0.717, 1.165) is 31.4 Å². The van der Waals surface area contributed by atoms with Gasteiger partial charge in [-0.25, -0.2) is 0 Å². The summed E-state index contributed by atoms with van der Waals surface area (Å²) in [4.78, 5) is 12.1. The number of nitrogens with one attached hydrogen (secondary N) is 1. The Kier molecular flexibility index (Phi) is 4.77. The highest BCUT2D eigenvalue weighted by Crippen LogP contribution is 2.28. The molecule has 2 rings (SSSR count). The first kappa shape index (κ1) is 15.0. The molecule has 1 aliphatic carbocycles. The van der Waals surface area contributed by atoms with Crippen molar-refractivity contribution in [3.8, 4) is 0 Å². The van der Waals surface area contributed by atoms with Crippen LogP contribution < -0.4 is 11.1 Å². The Balaban J connectivity index is 0.00000162. The molecular formula is C14H21ClN2O. The van der Waals surface area contributed by atoms with Crippen molar-refractivity contribution in [2.24, 2.45) is 5.73 Å². The van der Waals surface area contributed by atoms with Gasteiger partial charge in [0.15, 0.2) is 0 Å². The van der Waals surface area contributed by atoms with Crippen LogP contribution in [0.4, 0.5) is 5.69 Å². The van der Waals surface area contributed by atoms with Crippen LogP contribution in [0.15, 0.2) is 18.2 Å². The van der Waals surface area contributed by atoms with E-state index in [4.69, 9.17) is 5.73 Å². The van der Waals surface area contributed by atoms with Gasteiger partial charge in [-0.3, -0.25) is 4.79 Å². The Hall–Kier alpha value is -1.06. The third-order valence-electron chi connectivity index (χ3n) is 3.71. The molecule has 0 saturated heterocycles. The maximum Gasteiger partial charge on any atom is 0.244 e. The fraction of sp³-hybridized carbons (Fsp3) is 0.500. The second kappa shape index (κ2) is 5.72. The summed E-state index contributed by atoms with van der Waals surface area (Å²) in [5.41, 5.74) is 8.70. The van der Waals surface area contributed by atoms with E-state index >= 15 is 0 Å². The van der Waals surface area contributed by atoms with Crippen LogP contribution in [0.25, 0.3) is 0 Å². The van der Waals surface area contributed by atoms with Gasteiger partial charge in [-0.15, -0.1) is 12.4 Å². The molecule has 0 spiro atoms. The van der Waals surface area contributed by atoms with E-state index in [1.807, 2.05) is 25.1 Å². The highest BCUT2D eigenvalue weighted by molar-refractivity contribution is 5.98. The predicted molar refractivity (Wildman–Crippen MR) is 77.2 cm³/mol. The minimum Gasteiger partial charge on any atom is -0.324 e. The van der Waals surface area contributed by atoms with Crippen LogP contribution in [0.1, 0.15) is 36.8 Å². The summed E-state index contributed by atoms with van der Waals surface area (Å²) in [6.45, 7) is 4.10. The molecule has 1 aromatic rings. The predicted octanol–water partition coefficient (Wildman–Crippen LogP) is 2.94. The number of rotatable bonds is 2. The lowest BCUT2D eigenvalue weighted by Gasteiger charge is -2.22. The summed E-state index contributed by atoms with van der Waals surface area (Å²) in [5, 5.41) is 2.93. The lowest BCUT2D eigenvalue weighted by molar-refractivity contribution is -0.121. The second-order valence-electron chi connectivity index (χ2n) is 5.12. The van der Waals surface area contributed by atoms with Gasteiger partial charge >= 0.3 is 0 Å². The zero-order valence-electron chi connectivity index (χ0n) is 11.0. The van der Waals surface area contributed by atoms with Gasteiger partial charge in [0.1, 0.15) is 0 Å². The molecule has 0 aliphatic heterocycles. The van der Waals surface area contributed by atoms with Gasteiger partial charge in [-0.2, -0.15) is 0 Å². The quantitative estimate of drug-likeness (QED) is 0.866. The number of hydrogen-bond acceptors (Lipinski definition) is 2. The average molecular weight is 269 g/mol. The van der Waals surface area contributed by atoms with Crippen molar-refractivity contribution in [3.05, 3.63) is 29.3 Å². The monoisotopic (exact) mass is 268 g/mol. The summed E-state index contributed by atoms with van der Waals surface area (Å²) < 4.78 is 0. The van der Waals surface area contributed by atoms with E-state index < -0.39 is 5.54 Å². The standard InChI is InChI=1S/C14H20N2O.ClH/c1-10-5-6-12(9-11(10)2)16-13(17)14(15)7-3-4-8-14;/h5-6,9H,3-4,7-8,15H2,1-2H3,(H,16,17);1H. The Morgan fingerprint density at radius 1 is 1.22 bits per heavy atom. The zero-order chi connectivity index (χ0) is 12.5. The molecule has 0 aromatic heterocycles. The van der Waals surface area contributed by atoms with Crippen LogP contribution in [0, 0.1) is 13.8 Å². The lowest BCUT2D eigenvalue weighted by atomic mass is 9.98. The van der Waals surface area contributed by atoms with Crippen LogP contribution in [0.3, 0.4) is 0 Å². The maximum atomic E-state index is 12.1. The van der Waals surface area contributed by atoms with Crippen LogP contribution in [0.2, 0.25) is 0 Å². The van der Waals surface area contributed by atoms with Crippen LogP contribution in [-0.4, -0.2) is 11.4 Å². The molecule has 0 radical (unpaired) electrons. The number of anilines is 1. The number of carbonyl (C=O) groups excluding carboxylic acids is 1. The van der Waals surface area contributed by atoms with E-state index in [9.17, 15) is 4.79 Å². The molecular weight excluding hydrogens is 248 g/mol. The van der Waals surface area contributed by atoms with Gasteiger partial charge in [-0.05, 0) is 49.9 Å². The maximum absolute atomic E-state index is 12.1. The molecule has 1 amide bonds. The number of amides is 1. The summed E-state index contributed by atoms with van der Waals surface area (Å²) in [7, 11) is 0. The van der Waals surface area contributed by atoms with Crippen LogP contribution >= 0.6 is 12.4 Å². The van der Waals surface area contributed by atoms with Crippen molar-refractivity contribution in [3.63, 3.8) is 0 Å². The van der Waals surface area contributed by atoms with Crippen molar-refractivity contribution in [1.29, 1.82) is 0 Å². The van der Waals surface area contributed by atoms with E-state index in [1.54, 1.807) is 0 Å². The summed E-state index contributed by atoms with van der Waals surface area (Å²) >= 11 is 0. The molecule has 3 nitrogen and oxygen atoms in total. The number of halogens is 1. The molecule has 0 heterocycles. The third-order valence-corrected chi connectivity index (χ3v) is 3.71. The molecule has 18 heavy (non-hydrogen) atoms. The first-order valence-corrected chi connectivity index (χ1v) is 6.19. The fourth-order valence-electron chi connectivity index (χ4n) is 2.31. The van der Waals surface area contributed by atoms with Crippen molar-refractivity contribution in [1.82, 2.24) is 0 Å². The number of aryl methyl sites for hydroxylation is 2. The minimum absolute atomic E-state index is 0. The number of hydrogen-bond donors (Lipinski definition) is 2. The van der Waals surface area contributed by atoms with E-state index in [1.165, 1.54) is 11.1 Å². The molecule has 4 heteroatoms. The van der Waals surface area contributed by atoms with Gasteiger partial charge in [0, 0.05) is 5.69 Å². The van der Waals surface area contributed by atoms with Crippen molar-refractivity contribution >= 4 is 24.0 Å². The third kappa shape index (κ3) is 3.03. The number of carbonyl (C=O) groups is 1. The van der Waals surface area contributed by atoms with E-state index in [-0.39, 0.29) is 18.3 Å². The molecule has 0 atom stereocenters. The zero-order valence-corrected chi connectivity index (χ0v) is 11.8. The fourth-order valence-corrected chi connectivity index (χ4v) is 2.31. The Morgan fingerprint density at radius 2 is 1.83 bits per heavy atom. The lowest BCUT2D eigenvalue weighted by Crippen LogP contribution is -2.48. The molecule has 100 valence electrons. The van der Waals surface area contributed by atoms with E-state index in [0.29, 0.717) is 0 Å². The molecule has 1 saturated carbocycles.